The summed E-state index contributed by atoms with van der Waals surface area (Å²) in [5, 5.41) is 3.33. The number of anilines is 1. The molecule has 0 saturated carbocycles. The van der Waals surface area contributed by atoms with Crippen LogP contribution in [0.3, 0.4) is 0 Å². The number of hydrogen-bond acceptors (Lipinski definition) is 3. The van der Waals surface area contributed by atoms with E-state index in [4.69, 9.17) is 0 Å². The van der Waals surface area contributed by atoms with Gasteiger partial charge in [-0.15, -0.1) is 0 Å². The van der Waals surface area contributed by atoms with E-state index < -0.39 is 0 Å². The predicted octanol–water partition coefficient (Wildman–Crippen LogP) is 1.96. The molecule has 0 radical (unpaired) electrons. The molecule has 1 aromatic heterocycles. The van der Waals surface area contributed by atoms with E-state index in [2.05, 4.69) is 46.4 Å². The third kappa shape index (κ3) is 2.83. The molecule has 3 nitrogen and oxygen atoms in total. The van der Waals surface area contributed by atoms with Crippen molar-refractivity contribution in [2.75, 3.05) is 24.5 Å². The van der Waals surface area contributed by atoms with E-state index in [1.807, 2.05) is 6.20 Å². The molecule has 0 atom stereocenters. The van der Waals surface area contributed by atoms with E-state index in [0.717, 1.165) is 38.4 Å². The number of nitrogens with one attached hydrogen (secondary N) is 1. The Kier molecular flexibility index (Phi) is 3.94. The van der Waals surface area contributed by atoms with Crippen molar-refractivity contribution in [3.8, 4) is 0 Å². The van der Waals surface area contributed by atoms with Crippen LogP contribution in [0.5, 0.6) is 0 Å². The third-order valence-corrected chi connectivity index (χ3v) is 2.77. The van der Waals surface area contributed by atoms with Gasteiger partial charge in [-0.1, -0.05) is 19.1 Å². The molecule has 0 saturated heterocycles. The molecule has 1 aromatic rings. The summed E-state index contributed by atoms with van der Waals surface area (Å²) in [6, 6.07) is 4.26. The lowest BCUT2D eigenvalue weighted by Crippen LogP contribution is -2.27. The molecule has 0 unspecified atom stereocenters. The second kappa shape index (κ2) is 5.66. The van der Waals surface area contributed by atoms with Crippen molar-refractivity contribution >= 4 is 5.82 Å². The summed E-state index contributed by atoms with van der Waals surface area (Å²) in [7, 11) is 0. The van der Waals surface area contributed by atoms with Gasteiger partial charge in [0.1, 0.15) is 5.82 Å². The predicted molar refractivity (Wildman–Crippen MR) is 67.6 cm³/mol. The highest BCUT2D eigenvalue weighted by Gasteiger charge is 2.08. The minimum Gasteiger partial charge on any atom is -0.353 e. The maximum Gasteiger partial charge on any atom is 0.129 e. The summed E-state index contributed by atoms with van der Waals surface area (Å²) in [5.41, 5.74) is 1.31. The monoisotopic (exact) mass is 217 g/mol. The molecule has 1 aliphatic rings. The molecule has 2 rings (SSSR count). The van der Waals surface area contributed by atoms with E-state index in [1.54, 1.807) is 0 Å². The standard InChI is InChI=1S/C13H19N3/c1-2-14-11-12-6-7-15-13(10-12)16-8-4-3-5-9-16/h3-4,6-7,10,14H,2,5,8-9,11H2,1H3. The van der Waals surface area contributed by atoms with Gasteiger partial charge >= 0.3 is 0 Å². The second-order valence-corrected chi connectivity index (χ2v) is 4.01. The van der Waals surface area contributed by atoms with Gasteiger partial charge in [0.15, 0.2) is 0 Å². The van der Waals surface area contributed by atoms with Crippen LogP contribution in [-0.2, 0) is 6.54 Å². The van der Waals surface area contributed by atoms with E-state index in [9.17, 15) is 0 Å². The zero-order valence-electron chi connectivity index (χ0n) is 9.82. The van der Waals surface area contributed by atoms with Crippen molar-refractivity contribution in [2.45, 2.75) is 19.9 Å². The molecular formula is C13H19N3. The third-order valence-electron chi connectivity index (χ3n) is 2.77. The molecule has 3 heteroatoms. The summed E-state index contributed by atoms with van der Waals surface area (Å²) < 4.78 is 0. The molecule has 0 bridgehead atoms. The SMILES string of the molecule is CCNCc1ccnc(N2CC=CCC2)c1. The summed E-state index contributed by atoms with van der Waals surface area (Å²) >= 11 is 0. The number of aromatic nitrogens is 1. The Bertz CT molecular complexity index is 360. The summed E-state index contributed by atoms with van der Waals surface area (Å²) in [6.07, 6.45) is 7.47. The largest absolute Gasteiger partial charge is 0.353 e. The quantitative estimate of drug-likeness (QED) is 0.781. The Morgan fingerprint density at radius 3 is 3.12 bits per heavy atom. The lowest BCUT2D eigenvalue weighted by atomic mass is 10.2. The molecular weight excluding hydrogens is 198 g/mol. The van der Waals surface area contributed by atoms with Gasteiger partial charge in [0, 0.05) is 25.8 Å². The van der Waals surface area contributed by atoms with Crippen molar-refractivity contribution in [1.82, 2.24) is 10.3 Å². The highest BCUT2D eigenvalue weighted by molar-refractivity contribution is 5.42. The zero-order chi connectivity index (χ0) is 11.2. The normalized spacial score (nSPS) is 15.4. The fourth-order valence-corrected chi connectivity index (χ4v) is 1.86. The average molecular weight is 217 g/mol. The van der Waals surface area contributed by atoms with Crippen LogP contribution in [0.25, 0.3) is 0 Å². The molecule has 0 aliphatic carbocycles. The number of hydrogen-bond donors (Lipinski definition) is 1. The molecule has 16 heavy (non-hydrogen) atoms. The molecule has 0 fully saturated rings. The van der Waals surface area contributed by atoms with Crippen LogP contribution in [0.2, 0.25) is 0 Å². The van der Waals surface area contributed by atoms with Crippen LogP contribution in [0.15, 0.2) is 30.5 Å². The molecule has 1 N–H and O–H groups in total. The van der Waals surface area contributed by atoms with Gasteiger partial charge in [0.2, 0.25) is 0 Å². The molecule has 1 aliphatic heterocycles. The lowest BCUT2D eigenvalue weighted by Gasteiger charge is -2.24. The summed E-state index contributed by atoms with van der Waals surface area (Å²) in [5.74, 6) is 1.10. The Hall–Kier alpha value is -1.35. The lowest BCUT2D eigenvalue weighted by molar-refractivity contribution is 0.724. The topological polar surface area (TPSA) is 28.2 Å². The molecule has 86 valence electrons. The number of nitrogens with zero attached hydrogens (tertiary/aromatic N) is 2. The van der Waals surface area contributed by atoms with Crippen LogP contribution in [-0.4, -0.2) is 24.6 Å². The molecule has 0 spiro atoms. The van der Waals surface area contributed by atoms with Gasteiger partial charge in [-0.3, -0.25) is 0 Å². The fraction of sp³-hybridized carbons (Fsp3) is 0.462. The first-order valence-electron chi connectivity index (χ1n) is 5.95. The van der Waals surface area contributed by atoms with Crippen LogP contribution >= 0.6 is 0 Å². The van der Waals surface area contributed by atoms with Crippen molar-refractivity contribution in [3.63, 3.8) is 0 Å². The molecule has 0 aromatic carbocycles. The minimum absolute atomic E-state index is 0.926. The molecule has 2 heterocycles. The van der Waals surface area contributed by atoms with Gasteiger partial charge in [-0.2, -0.15) is 0 Å². The average Bonchev–Trinajstić information content (AvgIpc) is 2.38. The molecule has 0 amide bonds. The summed E-state index contributed by atoms with van der Waals surface area (Å²) in [4.78, 5) is 6.75. The van der Waals surface area contributed by atoms with Gasteiger partial charge < -0.3 is 10.2 Å². The second-order valence-electron chi connectivity index (χ2n) is 4.01. The maximum atomic E-state index is 4.44. The van der Waals surface area contributed by atoms with E-state index in [0.29, 0.717) is 0 Å². The van der Waals surface area contributed by atoms with Crippen LogP contribution in [0.1, 0.15) is 18.9 Å². The highest BCUT2D eigenvalue weighted by Crippen LogP contribution is 2.15. The first kappa shape index (κ1) is 11.1. The zero-order valence-corrected chi connectivity index (χ0v) is 9.82. The minimum atomic E-state index is 0.926. The Balaban J connectivity index is 2.05. The number of pyridine rings is 1. The first-order chi connectivity index (χ1) is 7.90. The smallest absolute Gasteiger partial charge is 0.129 e. The Morgan fingerprint density at radius 1 is 1.44 bits per heavy atom. The van der Waals surface area contributed by atoms with Crippen molar-refractivity contribution in [2.24, 2.45) is 0 Å². The van der Waals surface area contributed by atoms with E-state index in [-0.39, 0.29) is 0 Å². The van der Waals surface area contributed by atoms with Gasteiger partial charge in [-0.25, -0.2) is 4.98 Å². The van der Waals surface area contributed by atoms with Crippen molar-refractivity contribution in [3.05, 3.63) is 36.0 Å². The van der Waals surface area contributed by atoms with E-state index >= 15 is 0 Å². The van der Waals surface area contributed by atoms with Gasteiger partial charge in [0.25, 0.3) is 0 Å². The van der Waals surface area contributed by atoms with Gasteiger partial charge in [0.05, 0.1) is 0 Å². The maximum absolute atomic E-state index is 4.44. The highest BCUT2D eigenvalue weighted by atomic mass is 15.2. The Morgan fingerprint density at radius 2 is 2.38 bits per heavy atom. The van der Waals surface area contributed by atoms with Gasteiger partial charge in [-0.05, 0) is 30.7 Å². The first-order valence-corrected chi connectivity index (χ1v) is 5.95. The van der Waals surface area contributed by atoms with E-state index in [1.165, 1.54) is 5.56 Å². The fourth-order valence-electron chi connectivity index (χ4n) is 1.86. The van der Waals surface area contributed by atoms with Crippen LogP contribution in [0.4, 0.5) is 5.82 Å². The Labute approximate surface area is 97.2 Å². The van der Waals surface area contributed by atoms with Crippen LogP contribution in [0, 0.1) is 0 Å². The van der Waals surface area contributed by atoms with Crippen molar-refractivity contribution < 1.29 is 0 Å². The number of rotatable bonds is 4. The van der Waals surface area contributed by atoms with Crippen LogP contribution < -0.4 is 10.2 Å². The van der Waals surface area contributed by atoms with Crippen molar-refractivity contribution in [1.29, 1.82) is 0 Å². The summed E-state index contributed by atoms with van der Waals surface area (Å²) in [6.45, 7) is 6.11.